The Balaban J connectivity index is 1.81. The van der Waals surface area contributed by atoms with Gasteiger partial charge in [-0.15, -0.1) is 0 Å². The normalized spacial score (nSPS) is 10.2. The molecule has 5 heteroatoms. The van der Waals surface area contributed by atoms with Crippen molar-refractivity contribution in [2.45, 2.75) is 13.3 Å². The summed E-state index contributed by atoms with van der Waals surface area (Å²) in [6.07, 6.45) is 0.260. The van der Waals surface area contributed by atoms with E-state index in [2.05, 4.69) is 5.32 Å². The molecule has 2 aromatic carbocycles. The SMILES string of the molecule is Cc1ccc(Cl)cc1OCCC(=O)Nc1ccc(N)cc1. The molecule has 3 N–H and O–H groups in total. The van der Waals surface area contributed by atoms with Gasteiger partial charge in [-0.05, 0) is 48.9 Å². The van der Waals surface area contributed by atoms with Crippen LogP contribution in [0.3, 0.4) is 0 Å². The zero-order valence-electron chi connectivity index (χ0n) is 11.7. The van der Waals surface area contributed by atoms with E-state index in [0.717, 1.165) is 5.56 Å². The number of nitrogens with two attached hydrogens (primary N) is 1. The summed E-state index contributed by atoms with van der Waals surface area (Å²) in [5.74, 6) is 0.585. The first-order valence-electron chi connectivity index (χ1n) is 6.59. The molecule has 0 aliphatic rings. The molecule has 4 nitrogen and oxygen atoms in total. The van der Waals surface area contributed by atoms with E-state index >= 15 is 0 Å². The summed E-state index contributed by atoms with van der Waals surface area (Å²) in [4.78, 5) is 11.8. The molecule has 0 fully saturated rings. The molecule has 0 aromatic heterocycles. The minimum atomic E-state index is -0.112. The van der Waals surface area contributed by atoms with Crippen LogP contribution in [0, 0.1) is 6.92 Å². The fourth-order valence-corrected chi connectivity index (χ4v) is 1.94. The van der Waals surface area contributed by atoms with Crippen molar-refractivity contribution in [3.05, 3.63) is 53.1 Å². The average Bonchev–Trinajstić information content (AvgIpc) is 2.45. The molecule has 0 aliphatic heterocycles. The number of anilines is 2. The molecule has 0 aliphatic carbocycles. The highest BCUT2D eigenvalue weighted by Crippen LogP contribution is 2.22. The lowest BCUT2D eigenvalue weighted by molar-refractivity contribution is -0.116. The van der Waals surface area contributed by atoms with Gasteiger partial charge in [-0.1, -0.05) is 17.7 Å². The fraction of sp³-hybridized carbons (Fsp3) is 0.188. The zero-order valence-corrected chi connectivity index (χ0v) is 12.5. The van der Waals surface area contributed by atoms with Crippen molar-refractivity contribution in [1.29, 1.82) is 0 Å². The van der Waals surface area contributed by atoms with Crippen LogP contribution in [-0.2, 0) is 4.79 Å². The maximum atomic E-state index is 11.8. The third kappa shape index (κ3) is 4.68. The van der Waals surface area contributed by atoms with Crippen LogP contribution in [-0.4, -0.2) is 12.5 Å². The first-order chi connectivity index (χ1) is 10.0. The summed E-state index contributed by atoms with van der Waals surface area (Å²) in [7, 11) is 0. The molecule has 0 radical (unpaired) electrons. The number of hydrogen-bond donors (Lipinski definition) is 2. The molecule has 0 saturated heterocycles. The van der Waals surface area contributed by atoms with Crippen molar-refractivity contribution in [2.75, 3.05) is 17.7 Å². The summed E-state index contributed by atoms with van der Waals surface area (Å²) in [6.45, 7) is 2.22. The standard InChI is InChI=1S/C16H17ClN2O2/c1-11-2-3-12(17)10-15(11)21-9-8-16(20)19-14-6-4-13(18)5-7-14/h2-7,10H,8-9,18H2,1H3,(H,19,20). The molecule has 0 atom stereocenters. The van der Waals surface area contributed by atoms with E-state index in [1.54, 1.807) is 36.4 Å². The van der Waals surface area contributed by atoms with Gasteiger partial charge < -0.3 is 15.8 Å². The number of nitrogens with one attached hydrogen (secondary N) is 1. The van der Waals surface area contributed by atoms with Gasteiger partial charge in [-0.2, -0.15) is 0 Å². The lowest BCUT2D eigenvalue weighted by Gasteiger charge is -2.10. The van der Waals surface area contributed by atoms with Crippen LogP contribution in [0.2, 0.25) is 5.02 Å². The maximum Gasteiger partial charge on any atom is 0.227 e. The minimum Gasteiger partial charge on any atom is -0.493 e. The fourth-order valence-electron chi connectivity index (χ4n) is 1.77. The molecule has 2 rings (SSSR count). The quantitative estimate of drug-likeness (QED) is 0.829. The zero-order chi connectivity index (χ0) is 15.2. The van der Waals surface area contributed by atoms with Crippen LogP contribution in [0.5, 0.6) is 5.75 Å². The molecule has 110 valence electrons. The van der Waals surface area contributed by atoms with Crippen LogP contribution in [0.15, 0.2) is 42.5 Å². The van der Waals surface area contributed by atoms with E-state index in [1.165, 1.54) is 0 Å². The Hall–Kier alpha value is -2.20. The Kier molecular flexibility index (Phi) is 5.06. The predicted octanol–water partition coefficient (Wildman–Crippen LogP) is 3.64. The highest BCUT2D eigenvalue weighted by Gasteiger charge is 2.05. The summed E-state index contributed by atoms with van der Waals surface area (Å²) >= 11 is 5.91. The third-order valence-corrected chi connectivity index (χ3v) is 3.17. The van der Waals surface area contributed by atoms with Crippen molar-refractivity contribution in [3.8, 4) is 5.75 Å². The molecule has 21 heavy (non-hydrogen) atoms. The second-order valence-electron chi connectivity index (χ2n) is 4.68. The number of halogens is 1. The van der Waals surface area contributed by atoms with Crippen molar-refractivity contribution < 1.29 is 9.53 Å². The Morgan fingerprint density at radius 1 is 1.24 bits per heavy atom. The third-order valence-electron chi connectivity index (χ3n) is 2.93. The van der Waals surface area contributed by atoms with Crippen LogP contribution in [0.25, 0.3) is 0 Å². The van der Waals surface area contributed by atoms with Gasteiger partial charge in [0, 0.05) is 16.4 Å². The van der Waals surface area contributed by atoms with Gasteiger partial charge in [-0.25, -0.2) is 0 Å². The first kappa shape index (κ1) is 15.2. The molecule has 2 aromatic rings. The van der Waals surface area contributed by atoms with Crippen molar-refractivity contribution >= 4 is 28.9 Å². The van der Waals surface area contributed by atoms with Gasteiger partial charge in [0.05, 0.1) is 13.0 Å². The highest BCUT2D eigenvalue weighted by molar-refractivity contribution is 6.30. The number of ether oxygens (including phenoxy) is 1. The van der Waals surface area contributed by atoms with Crippen LogP contribution < -0.4 is 15.8 Å². The van der Waals surface area contributed by atoms with Gasteiger partial charge in [-0.3, -0.25) is 4.79 Å². The Bertz CT molecular complexity index is 627. The van der Waals surface area contributed by atoms with Crippen LogP contribution in [0.4, 0.5) is 11.4 Å². The number of carbonyl (C=O) groups excluding carboxylic acids is 1. The Morgan fingerprint density at radius 3 is 2.67 bits per heavy atom. The second kappa shape index (κ2) is 6.99. The molecule has 0 heterocycles. The highest BCUT2D eigenvalue weighted by atomic mass is 35.5. The summed E-state index contributed by atoms with van der Waals surface area (Å²) in [5, 5.41) is 3.39. The average molecular weight is 305 g/mol. The van der Waals surface area contributed by atoms with E-state index in [1.807, 2.05) is 13.0 Å². The second-order valence-corrected chi connectivity index (χ2v) is 5.11. The largest absolute Gasteiger partial charge is 0.493 e. The van der Waals surface area contributed by atoms with Gasteiger partial charge in [0.15, 0.2) is 0 Å². The van der Waals surface area contributed by atoms with Gasteiger partial charge >= 0.3 is 0 Å². The van der Waals surface area contributed by atoms with Crippen molar-refractivity contribution in [1.82, 2.24) is 0 Å². The molecule has 0 saturated carbocycles. The first-order valence-corrected chi connectivity index (χ1v) is 6.97. The number of aryl methyl sites for hydroxylation is 1. The van der Waals surface area contributed by atoms with Crippen LogP contribution in [0.1, 0.15) is 12.0 Å². The predicted molar refractivity (Wildman–Crippen MR) is 85.8 cm³/mol. The van der Waals surface area contributed by atoms with Gasteiger partial charge in [0.2, 0.25) is 5.91 Å². The minimum absolute atomic E-state index is 0.112. The number of hydrogen-bond acceptors (Lipinski definition) is 3. The summed E-state index contributed by atoms with van der Waals surface area (Å²) in [5.41, 5.74) is 7.95. The van der Waals surface area contributed by atoms with Crippen molar-refractivity contribution in [2.24, 2.45) is 0 Å². The summed E-state index contributed by atoms with van der Waals surface area (Å²) in [6, 6.07) is 12.4. The number of benzene rings is 2. The summed E-state index contributed by atoms with van der Waals surface area (Å²) < 4.78 is 5.58. The van der Waals surface area contributed by atoms with Crippen molar-refractivity contribution in [3.63, 3.8) is 0 Å². The molecule has 0 bridgehead atoms. The number of rotatable bonds is 5. The van der Waals surface area contributed by atoms with E-state index < -0.39 is 0 Å². The van der Waals surface area contributed by atoms with E-state index in [0.29, 0.717) is 28.8 Å². The van der Waals surface area contributed by atoms with Crippen LogP contribution >= 0.6 is 11.6 Å². The topological polar surface area (TPSA) is 64.3 Å². The molecule has 0 spiro atoms. The number of nitrogen functional groups attached to an aromatic ring is 1. The number of carbonyl (C=O) groups is 1. The van der Waals surface area contributed by atoms with E-state index in [4.69, 9.17) is 22.1 Å². The smallest absolute Gasteiger partial charge is 0.227 e. The molecular formula is C16H17ClN2O2. The molecular weight excluding hydrogens is 288 g/mol. The van der Waals surface area contributed by atoms with Gasteiger partial charge in [0.25, 0.3) is 0 Å². The molecule has 1 amide bonds. The maximum absolute atomic E-state index is 11.8. The van der Waals surface area contributed by atoms with E-state index in [9.17, 15) is 4.79 Å². The van der Waals surface area contributed by atoms with Gasteiger partial charge in [0.1, 0.15) is 5.75 Å². The lowest BCUT2D eigenvalue weighted by atomic mass is 10.2. The Labute approximate surface area is 128 Å². The molecule has 0 unspecified atom stereocenters. The lowest BCUT2D eigenvalue weighted by Crippen LogP contribution is -2.15. The number of amides is 1. The monoisotopic (exact) mass is 304 g/mol. The Morgan fingerprint density at radius 2 is 1.95 bits per heavy atom. The van der Waals surface area contributed by atoms with E-state index in [-0.39, 0.29) is 12.3 Å².